The van der Waals surface area contributed by atoms with Crippen LogP contribution >= 0.6 is 0 Å². The first-order chi connectivity index (χ1) is 9.49. The zero-order valence-electron chi connectivity index (χ0n) is 12.8. The van der Waals surface area contributed by atoms with E-state index in [0.29, 0.717) is 24.5 Å². The zero-order valence-corrected chi connectivity index (χ0v) is 12.8. The molecule has 6 heteroatoms. The molecule has 1 aliphatic rings. The van der Waals surface area contributed by atoms with E-state index in [2.05, 4.69) is 53.1 Å². The number of hydrogen-bond acceptors (Lipinski definition) is 4. The second-order valence-electron chi connectivity index (χ2n) is 6.00. The quantitative estimate of drug-likeness (QED) is 0.794. The standard InChI is InChI=1S/C14H25N5O/c1-9(2)19(10(3)4)8-7-15-14(20)13-16-12(17-18-13)11-5-6-11/h9-11H,5-8H2,1-4H3,(H,15,20)(H,16,17,18). The van der Waals surface area contributed by atoms with Crippen LogP contribution in [0, 0.1) is 0 Å². The Kier molecular flexibility index (Phi) is 4.75. The lowest BCUT2D eigenvalue weighted by atomic mass is 10.2. The molecule has 0 atom stereocenters. The smallest absolute Gasteiger partial charge is 0.291 e. The minimum absolute atomic E-state index is 0.194. The normalized spacial score (nSPS) is 15.3. The summed E-state index contributed by atoms with van der Waals surface area (Å²) in [6, 6.07) is 0.939. The van der Waals surface area contributed by atoms with Crippen LogP contribution in [0.25, 0.3) is 0 Å². The SMILES string of the molecule is CC(C)N(CCNC(=O)c1n[nH]c(C2CC2)n1)C(C)C. The van der Waals surface area contributed by atoms with Gasteiger partial charge < -0.3 is 5.32 Å². The molecule has 1 amide bonds. The maximum atomic E-state index is 11.9. The molecule has 2 rings (SSSR count). The average Bonchev–Trinajstić information content (AvgIpc) is 3.11. The van der Waals surface area contributed by atoms with E-state index >= 15 is 0 Å². The van der Waals surface area contributed by atoms with Gasteiger partial charge in [-0.25, -0.2) is 4.98 Å². The molecule has 20 heavy (non-hydrogen) atoms. The summed E-state index contributed by atoms with van der Waals surface area (Å²) < 4.78 is 0. The summed E-state index contributed by atoms with van der Waals surface area (Å²) in [5.41, 5.74) is 0. The van der Waals surface area contributed by atoms with Crippen molar-refractivity contribution in [3.63, 3.8) is 0 Å². The number of hydrogen-bond donors (Lipinski definition) is 2. The van der Waals surface area contributed by atoms with E-state index < -0.39 is 0 Å². The number of carbonyl (C=O) groups is 1. The molecule has 0 spiro atoms. The summed E-state index contributed by atoms with van der Waals surface area (Å²) in [6.07, 6.45) is 2.29. The van der Waals surface area contributed by atoms with E-state index in [-0.39, 0.29) is 11.7 Å². The molecule has 1 saturated carbocycles. The molecule has 0 aliphatic heterocycles. The number of amides is 1. The zero-order chi connectivity index (χ0) is 14.7. The number of rotatable bonds is 7. The van der Waals surface area contributed by atoms with Gasteiger partial charge in [-0.15, -0.1) is 5.10 Å². The van der Waals surface area contributed by atoms with Crippen molar-refractivity contribution in [1.82, 2.24) is 25.4 Å². The van der Waals surface area contributed by atoms with Gasteiger partial charge >= 0.3 is 0 Å². The number of carbonyl (C=O) groups excluding carboxylic acids is 1. The van der Waals surface area contributed by atoms with Gasteiger partial charge in [0.05, 0.1) is 0 Å². The molecule has 0 radical (unpaired) electrons. The van der Waals surface area contributed by atoms with Crippen molar-refractivity contribution in [2.45, 2.75) is 58.5 Å². The molecule has 0 unspecified atom stereocenters. The van der Waals surface area contributed by atoms with Gasteiger partial charge in [0.15, 0.2) is 0 Å². The second-order valence-corrected chi connectivity index (χ2v) is 6.00. The van der Waals surface area contributed by atoms with Crippen molar-refractivity contribution >= 4 is 5.91 Å². The maximum absolute atomic E-state index is 11.9. The van der Waals surface area contributed by atoms with Crippen molar-refractivity contribution < 1.29 is 4.79 Å². The fraction of sp³-hybridized carbons (Fsp3) is 0.786. The summed E-state index contributed by atoms with van der Waals surface area (Å²) >= 11 is 0. The topological polar surface area (TPSA) is 73.9 Å². The molecule has 0 aromatic carbocycles. The third-order valence-corrected chi connectivity index (χ3v) is 3.65. The van der Waals surface area contributed by atoms with Gasteiger partial charge in [0.1, 0.15) is 5.82 Å². The van der Waals surface area contributed by atoms with Crippen LogP contribution in [0.3, 0.4) is 0 Å². The number of nitrogens with one attached hydrogen (secondary N) is 2. The molecule has 2 N–H and O–H groups in total. The Hall–Kier alpha value is -1.43. The van der Waals surface area contributed by atoms with Gasteiger partial charge in [-0.1, -0.05) is 0 Å². The molecule has 6 nitrogen and oxygen atoms in total. The number of nitrogens with zero attached hydrogens (tertiary/aromatic N) is 3. The highest BCUT2D eigenvalue weighted by molar-refractivity contribution is 5.90. The van der Waals surface area contributed by atoms with Crippen LogP contribution in [0.4, 0.5) is 0 Å². The van der Waals surface area contributed by atoms with Crippen molar-refractivity contribution in [3.05, 3.63) is 11.6 Å². The minimum Gasteiger partial charge on any atom is -0.348 e. The molecule has 1 aliphatic carbocycles. The highest BCUT2D eigenvalue weighted by Gasteiger charge is 2.28. The minimum atomic E-state index is -0.194. The second kappa shape index (κ2) is 6.35. The number of aromatic amines is 1. The van der Waals surface area contributed by atoms with Crippen molar-refractivity contribution in [2.24, 2.45) is 0 Å². The highest BCUT2D eigenvalue weighted by atomic mass is 16.2. The Morgan fingerprint density at radius 2 is 2.00 bits per heavy atom. The van der Waals surface area contributed by atoms with Crippen LogP contribution in [0.15, 0.2) is 0 Å². The fourth-order valence-corrected chi connectivity index (χ4v) is 2.41. The van der Waals surface area contributed by atoms with Crippen LogP contribution < -0.4 is 5.32 Å². The van der Waals surface area contributed by atoms with E-state index in [9.17, 15) is 4.79 Å². The molecular weight excluding hydrogens is 254 g/mol. The molecule has 1 aromatic rings. The lowest BCUT2D eigenvalue weighted by Gasteiger charge is -2.30. The number of aromatic nitrogens is 3. The van der Waals surface area contributed by atoms with E-state index in [4.69, 9.17) is 0 Å². The Labute approximate surface area is 120 Å². The van der Waals surface area contributed by atoms with Crippen molar-refractivity contribution in [1.29, 1.82) is 0 Å². The predicted molar refractivity (Wildman–Crippen MR) is 77.7 cm³/mol. The van der Waals surface area contributed by atoms with Gasteiger partial charge in [0.2, 0.25) is 5.82 Å². The van der Waals surface area contributed by atoms with E-state index in [1.54, 1.807) is 0 Å². The molecule has 1 aromatic heterocycles. The van der Waals surface area contributed by atoms with Crippen LogP contribution in [-0.4, -0.2) is 51.2 Å². The fourth-order valence-electron chi connectivity index (χ4n) is 2.41. The lowest BCUT2D eigenvalue weighted by molar-refractivity contribution is 0.0929. The molecule has 0 saturated heterocycles. The Bertz CT molecular complexity index is 442. The Morgan fingerprint density at radius 3 is 2.55 bits per heavy atom. The Balaban J connectivity index is 1.79. The summed E-state index contributed by atoms with van der Waals surface area (Å²) in [6.45, 7) is 10.1. The van der Waals surface area contributed by atoms with Crippen molar-refractivity contribution in [3.8, 4) is 0 Å². The molecular formula is C14H25N5O. The maximum Gasteiger partial charge on any atom is 0.291 e. The predicted octanol–water partition coefficient (Wildman–Crippen LogP) is 1.53. The van der Waals surface area contributed by atoms with E-state index in [0.717, 1.165) is 25.2 Å². The molecule has 1 fully saturated rings. The van der Waals surface area contributed by atoms with Gasteiger partial charge in [0, 0.05) is 31.1 Å². The van der Waals surface area contributed by atoms with E-state index in [1.165, 1.54) is 0 Å². The summed E-state index contributed by atoms with van der Waals surface area (Å²) in [5, 5.41) is 9.72. The summed E-state index contributed by atoms with van der Waals surface area (Å²) in [7, 11) is 0. The van der Waals surface area contributed by atoms with Crippen LogP contribution in [-0.2, 0) is 0 Å². The Morgan fingerprint density at radius 1 is 1.35 bits per heavy atom. The first-order valence-electron chi connectivity index (χ1n) is 7.45. The van der Waals surface area contributed by atoms with Crippen LogP contribution in [0.1, 0.15) is 62.9 Å². The largest absolute Gasteiger partial charge is 0.348 e. The average molecular weight is 279 g/mol. The molecule has 0 bridgehead atoms. The monoisotopic (exact) mass is 279 g/mol. The van der Waals surface area contributed by atoms with Gasteiger partial charge in [-0.2, -0.15) is 0 Å². The summed E-state index contributed by atoms with van der Waals surface area (Å²) in [4.78, 5) is 18.5. The highest BCUT2D eigenvalue weighted by Crippen LogP contribution is 2.37. The first kappa shape index (κ1) is 15.0. The molecule has 112 valence electrons. The third kappa shape index (κ3) is 3.79. The van der Waals surface area contributed by atoms with Crippen LogP contribution in [0.5, 0.6) is 0 Å². The number of H-pyrrole nitrogens is 1. The lowest BCUT2D eigenvalue weighted by Crippen LogP contribution is -2.42. The molecule has 1 heterocycles. The van der Waals surface area contributed by atoms with Gasteiger partial charge in [-0.05, 0) is 40.5 Å². The van der Waals surface area contributed by atoms with Gasteiger partial charge in [0.25, 0.3) is 5.91 Å². The van der Waals surface area contributed by atoms with Crippen molar-refractivity contribution in [2.75, 3.05) is 13.1 Å². The van der Waals surface area contributed by atoms with Crippen LogP contribution in [0.2, 0.25) is 0 Å². The summed E-state index contributed by atoms with van der Waals surface area (Å²) in [5.74, 6) is 1.40. The van der Waals surface area contributed by atoms with Gasteiger partial charge in [-0.3, -0.25) is 14.8 Å². The van der Waals surface area contributed by atoms with E-state index in [1.807, 2.05) is 0 Å². The first-order valence-corrected chi connectivity index (χ1v) is 7.45. The third-order valence-electron chi connectivity index (χ3n) is 3.65.